The summed E-state index contributed by atoms with van der Waals surface area (Å²) in [6.45, 7) is 3.24. The Morgan fingerprint density at radius 2 is 1.87 bits per heavy atom. The summed E-state index contributed by atoms with van der Waals surface area (Å²) in [5.74, 6) is 0. The van der Waals surface area contributed by atoms with Gasteiger partial charge in [0.1, 0.15) is 12.2 Å². The predicted molar refractivity (Wildman–Crippen MR) is 83.3 cm³/mol. The molecule has 0 saturated carbocycles. The lowest BCUT2D eigenvalue weighted by molar-refractivity contribution is -0.468. The molecule has 122 valence electrons. The van der Waals surface area contributed by atoms with Crippen molar-refractivity contribution < 1.29 is 20.1 Å². The van der Waals surface area contributed by atoms with Gasteiger partial charge in [0, 0.05) is 11.0 Å². The van der Waals surface area contributed by atoms with E-state index in [9.17, 15) is 30.4 Å². The van der Waals surface area contributed by atoms with Crippen LogP contribution in [0.25, 0.3) is 0 Å². The van der Waals surface area contributed by atoms with Crippen LogP contribution >= 0.6 is 0 Å². The molecule has 0 aliphatic heterocycles. The van der Waals surface area contributed by atoms with Crippen LogP contribution in [0.3, 0.4) is 0 Å². The van der Waals surface area contributed by atoms with Gasteiger partial charge in [-0.05, 0) is 17.7 Å². The first kappa shape index (κ1) is 18.2. The average molecular weight is 320 g/mol. The number of rotatable bonds is 8. The zero-order valence-electron chi connectivity index (χ0n) is 12.1. The second kappa shape index (κ2) is 8.57. The topological polar surface area (TPSA) is 127 Å². The third-order valence-electron chi connectivity index (χ3n) is 2.94. The Hall–Kier alpha value is -2.84. The lowest BCUT2D eigenvalue weighted by Gasteiger charge is -2.18. The fourth-order valence-electron chi connectivity index (χ4n) is 1.78. The van der Waals surface area contributed by atoms with Gasteiger partial charge in [0.05, 0.1) is 10.5 Å². The Kier molecular flexibility index (Phi) is 6.78. The normalized spacial score (nSPS) is 14.0. The molecule has 0 fully saturated rings. The molecule has 1 aromatic carbocycles. The van der Waals surface area contributed by atoms with Crippen LogP contribution in [0.1, 0.15) is 11.7 Å². The van der Waals surface area contributed by atoms with Gasteiger partial charge in [0.2, 0.25) is 6.54 Å². The van der Waals surface area contributed by atoms with Crippen LogP contribution in [0.15, 0.2) is 60.7 Å². The molecular weight excluding hydrogens is 304 g/mol. The van der Waals surface area contributed by atoms with Crippen molar-refractivity contribution in [3.05, 3.63) is 86.5 Å². The second-order valence-electron chi connectivity index (χ2n) is 4.58. The molecule has 2 unspecified atom stereocenters. The van der Waals surface area contributed by atoms with E-state index in [0.717, 1.165) is 0 Å². The molecule has 0 spiro atoms. The highest BCUT2D eigenvalue weighted by molar-refractivity contribution is 5.43. The van der Waals surface area contributed by atoms with E-state index in [1.54, 1.807) is 0 Å². The molecule has 0 heterocycles. The van der Waals surface area contributed by atoms with Crippen molar-refractivity contribution in [3.63, 3.8) is 0 Å². The number of allylic oxidation sites excluding steroid dienone is 2. The minimum atomic E-state index is -1.52. The van der Waals surface area contributed by atoms with E-state index in [-0.39, 0.29) is 23.4 Å². The summed E-state index contributed by atoms with van der Waals surface area (Å²) >= 11 is 0. The van der Waals surface area contributed by atoms with Gasteiger partial charge >= 0.3 is 0 Å². The molecule has 0 aliphatic carbocycles. The zero-order valence-corrected chi connectivity index (χ0v) is 12.1. The fraction of sp³-hybridized carbons (Fsp3) is 0.200. The number of para-hydroxylation sites is 1. The van der Waals surface area contributed by atoms with E-state index in [2.05, 4.69) is 6.58 Å². The average Bonchev–Trinajstić information content (AvgIpc) is 2.52. The Labute approximate surface area is 132 Å². The van der Waals surface area contributed by atoms with Crippen LogP contribution in [-0.2, 0) is 0 Å². The highest BCUT2D eigenvalue weighted by atomic mass is 16.6. The van der Waals surface area contributed by atoms with E-state index < -0.39 is 22.1 Å². The van der Waals surface area contributed by atoms with Crippen LogP contribution in [0.5, 0.6) is 0 Å². The Balaban J connectivity index is 2.80. The molecule has 0 aliphatic rings. The molecule has 0 saturated heterocycles. The second-order valence-corrected chi connectivity index (χ2v) is 4.58. The van der Waals surface area contributed by atoms with E-state index in [0.29, 0.717) is 0 Å². The van der Waals surface area contributed by atoms with Crippen molar-refractivity contribution in [1.82, 2.24) is 0 Å². The number of aliphatic hydroxyl groups is 2. The van der Waals surface area contributed by atoms with Gasteiger partial charge in [-0.2, -0.15) is 0 Å². The number of benzene rings is 1. The summed E-state index contributed by atoms with van der Waals surface area (Å²) in [4.78, 5) is 19.9. The molecule has 0 bridgehead atoms. The summed E-state index contributed by atoms with van der Waals surface area (Å²) in [5.41, 5.74) is -0.216. The first-order valence-corrected chi connectivity index (χ1v) is 6.58. The molecule has 1 aromatic rings. The highest BCUT2D eigenvalue weighted by Crippen LogP contribution is 2.29. The van der Waals surface area contributed by atoms with Crippen LogP contribution in [0.4, 0.5) is 5.69 Å². The molecule has 8 nitrogen and oxygen atoms in total. The first-order valence-electron chi connectivity index (χ1n) is 6.58. The zero-order chi connectivity index (χ0) is 17.4. The molecule has 8 heteroatoms. The third-order valence-corrected chi connectivity index (χ3v) is 2.94. The maximum atomic E-state index is 10.9. The molecule has 23 heavy (non-hydrogen) atoms. The molecule has 1 rings (SSSR count). The number of nitro benzene ring substituents is 1. The minimum Gasteiger partial charge on any atom is -0.385 e. The maximum Gasteiger partial charge on any atom is 0.275 e. The highest BCUT2D eigenvalue weighted by Gasteiger charge is 2.26. The van der Waals surface area contributed by atoms with Crippen LogP contribution in [0, 0.1) is 20.2 Å². The summed E-state index contributed by atoms with van der Waals surface area (Å²) in [6.07, 6.45) is 2.51. The SMILES string of the molecule is C=C(/C=C\C=C/C[N+](=O)[O-])C(O)C(O)c1ccccc1[N+](=O)[O-]. The van der Waals surface area contributed by atoms with Crippen LogP contribution in [-0.4, -0.2) is 32.7 Å². The summed E-state index contributed by atoms with van der Waals surface area (Å²) in [7, 11) is 0. The lowest BCUT2D eigenvalue weighted by Crippen LogP contribution is -2.20. The lowest BCUT2D eigenvalue weighted by atomic mass is 9.97. The van der Waals surface area contributed by atoms with E-state index >= 15 is 0 Å². The van der Waals surface area contributed by atoms with Crippen molar-refractivity contribution in [2.75, 3.05) is 6.54 Å². The minimum absolute atomic E-state index is 0.0246. The van der Waals surface area contributed by atoms with Crippen molar-refractivity contribution in [1.29, 1.82) is 0 Å². The number of nitro groups is 2. The first-order chi connectivity index (χ1) is 10.8. The number of nitrogens with zero attached hydrogens (tertiary/aromatic N) is 2. The van der Waals surface area contributed by atoms with Crippen molar-refractivity contribution >= 4 is 5.69 Å². The third kappa shape index (κ3) is 5.46. The van der Waals surface area contributed by atoms with Gasteiger partial charge in [-0.1, -0.05) is 36.9 Å². The van der Waals surface area contributed by atoms with Crippen LogP contribution in [0.2, 0.25) is 0 Å². The molecular formula is C15H16N2O6. The van der Waals surface area contributed by atoms with Crippen molar-refractivity contribution in [2.24, 2.45) is 0 Å². The molecule has 2 N–H and O–H groups in total. The van der Waals surface area contributed by atoms with Crippen molar-refractivity contribution in [3.8, 4) is 0 Å². The Bertz CT molecular complexity index is 653. The number of hydrogen-bond donors (Lipinski definition) is 2. The van der Waals surface area contributed by atoms with E-state index in [4.69, 9.17) is 0 Å². The van der Waals surface area contributed by atoms with Gasteiger partial charge in [-0.25, -0.2) is 0 Å². The van der Waals surface area contributed by atoms with Gasteiger partial charge in [0.15, 0.2) is 0 Å². The smallest absolute Gasteiger partial charge is 0.275 e. The Morgan fingerprint density at radius 3 is 2.48 bits per heavy atom. The summed E-state index contributed by atoms with van der Waals surface area (Å²) < 4.78 is 0. The molecule has 0 aromatic heterocycles. The number of aliphatic hydroxyl groups excluding tert-OH is 2. The number of hydrogen-bond acceptors (Lipinski definition) is 6. The van der Waals surface area contributed by atoms with Crippen LogP contribution < -0.4 is 0 Å². The quantitative estimate of drug-likeness (QED) is 0.428. The molecule has 2 atom stereocenters. The summed E-state index contributed by atoms with van der Waals surface area (Å²) in [6, 6.07) is 5.54. The van der Waals surface area contributed by atoms with Gasteiger partial charge in [-0.15, -0.1) is 0 Å². The molecule has 0 amide bonds. The van der Waals surface area contributed by atoms with Gasteiger partial charge < -0.3 is 10.2 Å². The maximum absolute atomic E-state index is 10.9. The standard InChI is InChI=1S/C15H16N2O6/c1-11(7-3-2-6-10-16(20)21)14(18)15(19)12-8-4-5-9-13(12)17(22)23/h2-9,14-15,18-19H,1,10H2/b6-2-,7-3-. The monoisotopic (exact) mass is 320 g/mol. The molecule has 0 radical (unpaired) electrons. The van der Waals surface area contributed by atoms with Gasteiger partial charge in [0.25, 0.3) is 5.69 Å². The largest absolute Gasteiger partial charge is 0.385 e. The van der Waals surface area contributed by atoms with Gasteiger partial charge in [-0.3, -0.25) is 20.2 Å². The van der Waals surface area contributed by atoms with E-state index in [1.807, 2.05) is 0 Å². The summed E-state index contributed by atoms with van der Waals surface area (Å²) in [5, 5.41) is 41.2. The fourth-order valence-corrected chi connectivity index (χ4v) is 1.78. The van der Waals surface area contributed by atoms with Crippen molar-refractivity contribution in [2.45, 2.75) is 12.2 Å². The Morgan fingerprint density at radius 1 is 1.22 bits per heavy atom. The predicted octanol–water partition coefficient (Wildman–Crippen LogP) is 1.93. The van der Waals surface area contributed by atoms with E-state index in [1.165, 1.54) is 48.6 Å².